The summed E-state index contributed by atoms with van der Waals surface area (Å²) in [6.45, 7) is 4.18. The van der Waals surface area contributed by atoms with Crippen LogP contribution in [0.25, 0.3) is 16.7 Å². The normalized spacial score (nSPS) is 12.6. The first kappa shape index (κ1) is 29.5. The maximum Gasteiger partial charge on any atom is 0.268 e. The Morgan fingerprint density at radius 2 is 1.84 bits per heavy atom. The van der Waals surface area contributed by atoms with Crippen LogP contribution in [0, 0.1) is 12.7 Å². The predicted molar refractivity (Wildman–Crippen MR) is 163 cm³/mol. The summed E-state index contributed by atoms with van der Waals surface area (Å²) in [5.74, 6) is -0.431. The fourth-order valence-corrected chi connectivity index (χ4v) is 4.91. The van der Waals surface area contributed by atoms with E-state index in [4.69, 9.17) is 18.9 Å². The van der Waals surface area contributed by atoms with E-state index in [9.17, 15) is 9.59 Å². The third-order valence-corrected chi connectivity index (χ3v) is 7.26. The first-order valence-corrected chi connectivity index (χ1v) is 14.2. The molecule has 1 saturated carbocycles. The summed E-state index contributed by atoms with van der Waals surface area (Å²) in [7, 11) is 2.90. The highest BCUT2D eigenvalue weighted by Crippen LogP contribution is 2.40. The predicted octanol–water partition coefficient (Wildman–Crippen LogP) is 5.36. The van der Waals surface area contributed by atoms with Crippen LogP contribution in [0.15, 0.2) is 59.8 Å². The molecule has 6 rings (SSSR count). The molecular formula is C32H29FN6O6. The maximum absolute atomic E-state index is 15.2. The van der Waals surface area contributed by atoms with E-state index in [1.807, 2.05) is 13.8 Å². The highest BCUT2D eigenvalue weighted by Gasteiger charge is 2.29. The monoisotopic (exact) mass is 612 g/mol. The number of hydrogen-bond acceptors (Lipinski definition) is 10. The molecule has 1 aliphatic carbocycles. The summed E-state index contributed by atoms with van der Waals surface area (Å²) >= 11 is 0. The van der Waals surface area contributed by atoms with E-state index in [-0.39, 0.29) is 40.2 Å². The summed E-state index contributed by atoms with van der Waals surface area (Å²) in [5.41, 5.74) is 2.30. The van der Waals surface area contributed by atoms with Crippen LogP contribution in [0.4, 0.5) is 10.1 Å². The minimum atomic E-state index is -0.780. The fourth-order valence-electron chi connectivity index (χ4n) is 4.91. The average molecular weight is 613 g/mol. The Morgan fingerprint density at radius 3 is 2.53 bits per heavy atom. The van der Waals surface area contributed by atoms with Gasteiger partial charge in [-0.15, -0.1) is 0 Å². The summed E-state index contributed by atoms with van der Waals surface area (Å²) in [5, 5.41) is 2.62. The third kappa shape index (κ3) is 5.84. The SMILES string of the molecule is CCOc1cc(C)c(-n2c(C3CC3)ccc(C(=O)Nc3ccc(Oc4ncnc5cc(OC)c(OC)nc45)c(F)c3)c2=O)cn1. The second-order valence-electron chi connectivity index (χ2n) is 10.3. The van der Waals surface area contributed by atoms with Crippen LogP contribution in [0.3, 0.4) is 0 Å². The van der Waals surface area contributed by atoms with Crippen molar-refractivity contribution in [1.29, 1.82) is 0 Å². The van der Waals surface area contributed by atoms with Crippen molar-refractivity contribution >= 4 is 22.6 Å². The number of carbonyl (C=O) groups is 1. The second kappa shape index (κ2) is 12.2. The van der Waals surface area contributed by atoms with E-state index in [1.54, 1.807) is 24.4 Å². The van der Waals surface area contributed by atoms with Gasteiger partial charge in [-0.25, -0.2) is 19.3 Å². The number of nitrogens with zero attached hydrogens (tertiary/aromatic N) is 5. The van der Waals surface area contributed by atoms with Crippen LogP contribution in [0.1, 0.15) is 47.3 Å². The molecule has 4 heterocycles. The molecule has 1 aromatic carbocycles. The van der Waals surface area contributed by atoms with Gasteiger partial charge in [-0.1, -0.05) is 0 Å². The number of pyridine rings is 3. The van der Waals surface area contributed by atoms with E-state index in [0.717, 1.165) is 30.2 Å². The summed E-state index contributed by atoms with van der Waals surface area (Å²) < 4.78 is 38.5. The van der Waals surface area contributed by atoms with Crippen molar-refractivity contribution < 1.29 is 28.1 Å². The molecule has 13 heteroatoms. The van der Waals surface area contributed by atoms with Gasteiger partial charge in [0.1, 0.15) is 17.4 Å². The van der Waals surface area contributed by atoms with Crippen LogP contribution >= 0.6 is 0 Å². The Kier molecular flexibility index (Phi) is 7.98. The lowest BCUT2D eigenvalue weighted by Crippen LogP contribution is -2.30. The lowest BCUT2D eigenvalue weighted by atomic mass is 10.1. The van der Waals surface area contributed by atoms with Gasteiger partial charge in [-0.05, 0) is 62.4 Å². The zero-order chi connectivity index (χ0) is 31.7. The van der Waals surface area contributed by atoms with Gasteiger partial charge < -0.3 is 24.3 Å². The number of hydrogen-bond donors (Lipinski definition) is 1. The van der Waals surface area contributed by atoms with Gasteiger partial charge in [-0.2, -0.15) is 4.98 Å². The van der Waals surface area contributed by atoms with Gasteiger partial charge >= 0.3 is 0 Å². The van der Waals surface area contributed by atoms with Crippen LogP contribution in [0.5, 0.6) is 29.1 Å². The van der Waals surface area contributed by atoms with Crippen LogP contribution in [-0.4, -0.2) is 51.2 Å². The highest BCUT2D eigenvalue weighted by atomic mass is 19.1. The molecule has 1 aliphatic rings. The Labute approximate surface area is 256 Å². The van der Waals surface area contributed by atoms with Crippen molar-refractivity contribution in [1.82, 2.24) is 24.5 Å². The first-order chi connectivity index (χ1) is 21.8. The number of anilines is 1. The number of carbonyl (C=O) groups excluding carboxylic acids is 1. The van der Waals surface area contributed by atoms with Crippen molar-refractivity contribution in [3.05, 3.63) is 88.0 Å². The minimum Gasteiger partial charge on any atom is -0.491 e. The van der Waals surface area contributed by atoms with Crippen molar-refractivity contribution in [3.63, 3.8) is 0 Å². The molecule has 0 spiro atoms. The van der Waals surface area contributed by atoms with Crippen LogP contribution < -0.4 is 29.8 Å². The second-order valence-corrected chi connectivity index (χ2v) is 10.3. The molecule has 1 amide bonds. The molecular weight excluding hydrogens is 583 g/mol. The first-order valence-electron chi connectivity index (χ1n) is 14.2. The van der Waals surface area contributed by atoms with Gasteiger partial charge in [0.05, 0.1) is 32.7 Å². The Balaban J connectivity index is 1.27. The Morgan fingerprint density at radius 1 is 1.02 bits per heavy atom. The Bertz CT molecular complexity index is 1990. The molecule has 45 heavy (non-hydrogen) atoms. The van der Waals surface area contributed by atoms with Crippen molar-refractivity contribution in [2.24, 2.45) is 0 Å². The van der Waals surface area contributed by atoms with E-state index in [1.165, 1.54) is 43.3 Å². The number of halogens is 1. The summed E-state index contributed by atoms with van der Waals surface area (Å²) in [6, 6.07) is 10.5. The largest absolute Gasteiger partial charge is 0.491 e. The fraction of sp³-hybridized carbons (Fsp3) is 0.250. The van der Waals surface area contributed by atoms with Crippen molar-refractivity contribution in [2.75, 3.05) is 26.1 Å². The average Bonchev–Trinajstić information content (AvgIpc) is 3.88. The smallest absolute Gasteiger partial charge is 0.268 e. The molecule has 0 radical (unpaired) electrons. The molecule has 12 nitrogen and oxygen atoms in total. The molecule has 1 fully saturated rings. The minimum absolute atomic E-state index is 0.00739. The van der Waals surface area contributed by atoms with E-state index >= 15 is 4.39 Å². The molecule has 0 bridgehead atoms. The number of methoxy groups -OCH3 is 2. The van der Waals surface area contributed by atoms with Gasteiger partial charge in [0, 0.05) is 29.6 Å². The molecule has 1 N–H and O–H groups in total. The number of aryl methyl sites for hydroxylation is 1. The van der Waals surface area contributed by atoms with Crippen molar-refractivity contribution in [3.8, 4) is 34.8 Å². The number of rotatable bonds is 10. The molecule has 4 aromatic heterocycles. The molecule has 0 atom stereocenters. The number of aromatic nitrogens is 5. The van der Waals surface area contributed by atoms with E-state index in [2.05, 4.69) is 25.3 Å². The maximum atomic E-state index is 15.2. The molecule has 0 unspecified atom stereocenters. The lowest BCUT2D eigenvalue weighted by Gasteiger charge is -2.17. The van der Waals surface area contributed by atoms with Gasteiger partial charge in [0.15, 0.2) is 22.8 Å². The van der Waals surface area contributed by atoms with Gasteiger partial charge in [0.25, 0.3) is 17.3 Å². The highest BCUT2D eigenvalue weighted by molar-refractivity contribution is 6.04. The quantitative estimate of drug-likeness (QED) is 0.219. The number of ether oxygens (including phenoxy) is 4. The summed E-state index contributed by atoms with van der Waals surface area (Å²) in [4.78, 5) is 44.0. The summed E-state index contributed by atoms with van der Waals surface area (Å²) in [6.07, 6.45) is 4.73. The number of benzene rings is 1. The van der Waals surface area contributed by atoms with Crippen LogP contribution in [0.2, 0.25) is 0 Å². The van der Waals surface area contributed by atoms with E-state index in [0.29, 0.717) is 29.4 Å². The van der Waals surface area contributed by atoms with Crippen molar-refractivity contribution in [2.45, 2.75) is 32.6 Å². The zero-order valence-corrected chi connectivity index (χ0v) is 25.0. The third-order valence-electron chi connectivity index (χ3n) is 7.26. The lowest BCUT2D eigenvalue weighted by molar-refractivity contribution is 0.102. The molecule has 0 aliphatic heterocycles. The van der Waals surface area contributed by atoms with Crippen LogP contribution in [-0.2, 0) is 0 Å². The molecule has 5 aromatic rings. The van der Waals surface area contributed by atoms with Gasteiger partial charge in [0.2, 0.25) is 11.8 Å². The zero-order valence-electron chi connectivity index (χ0n) is 25.0. The Hall–Kier alpha value is -5.59. The number of nitrogens with one attached hydrogen (secondary N) is 1. The van der Waals surface area contributed by atoms with Gasteiger partial charge in [-0.3, -0.25) is 14.2 Å². The molecule has 0 saturated heterocycles. The standard InChI is InChI=1S/C32H29FN6O6/c1-5-44-27-12-17(2)24(15-34-27)39-23(18-6-7-18)10-9-20(32(39)41)29(40)37-19-8-11-25(21(33)13-19)45-31-28-22(35-16-36-31)14-26(42-3)30(38-28)43-4/h8-16,18H,5-7H2,1-4H3,(H,37,40). The topological polar surface area (TPSA) is 140 Å². The number of fused-ring (bicyclic) bond motifs is 1. The molecule has 230 valence electrons. The van der Waals surface area contributed by atoms with E-state index < -0.39 is 17.3 Å². The number of amides is 1.